The minimum absolute atomic E-state index is 0.650. The zero-order chi connectivity index (χ0) is 13.1. The van der Waals surface area contributed by atoms with Crippen LogP contribution < -0.4 is 5.43 Å². The first-order valence-corrected chi connectivity index (χ1v) is 6.13. The lowest BCUT2D eigenvalue weighted by molar-refractivity contribution is 1.20. The van der Waals surface area contributed by atoms with Crippen molar-refractivity contribution in [2.45, 2.75) is 6.92 Å². The van der Waals surface area contributed by atoms with Gasteiger partial charge in [0, 0.05) is 0 Å². The minimum Gasteiger partial charge on any atom is -0.323 e. The van der Waals surface area contributed by atoms with E-state index >= 15 is 0 Å². The molecule has 2 N–H and O–H groups in total. The third-order valence-corrected chi connectivity index (χ3v) is 2.91. The summed E-state index contributed by atoms with van der Waals surface area (Å²) in [5.74, 6) is 0.650. The van der Waals surface area contributed by atoms with E-state index in [1.807, 2.05) is 61.5 Å². The third kappa shape index (κ3) is 2.47. The number of imidazole rings is 1. The highest BCUT2D eigenvalue weighted by atomic mass is 15.4. The Morgan fingerprint density at radius 2 is 1.79 bits per heavy atom. The van der Waals surface area contributed by atoms with Crippen molar-refractivity contribution in [3.63, 3.8) is 0 Å². The number of para-hydroxylation sites is 2. The van der Waals surface area contributed by atoms with Gasteiger partial charge in [-0.2, -0.15) is 5.10 Å². The summed E-state index contributed by atoms with van der Waals surface area (Å²) in [6, 6.07) is 17.9. The van der Waals surface area contributed by atoms with Crippen molar-refractivity contribution in [3.8, 4) is 0 Å². The molecule has 0 amide bonds. The zero-order valence-corrected chi connectivity index (χ0v) is 10.6. The quantitative estimate of drug-likeness (QED) is 0.553. The molecule has 0 saturated heterocycles. The Kier molecular flexibility index (Phi) is 2.98. The van der Waals surface area contributed by atoms with Gasteiger partial charge in [-0.15, -0.1) is 0 Å². The third-order valence-electron chi connectivity index (χ3n) is 2.91. The van der Waals surface area contributed by atoms with Crippen LogP contribution in [0.1, 0.15) is 12.5 Å². The van der Waals surface area contributed by atoms with Crippen molar-refractivity contribution in [3.05, 3.63) is 60.2 Å². The summed E-state index contributed by atoms with van der Waals surface area (Å²) < 4.78 is 0. The summed E-state index contributed by atoms with van der Waals surface area (Å²) in [6.07, 6.45) is 0. The second-order valence-electron chi connectivity index (χ2n) is 4.28. The first kappa shape index (κ1) is 11.5. The summed E-state index contributed by atoms with van der Waals surface area (Å²) in [7, 11) is 0. The number of hydrazone groups is 1. The normalized spacial score (nSPS) is 11.7. The van der Waals surface area contributed by atoms with Gasteiger partial charge in [-0.1, -0.05) is 42.5 Å². The molecule has 0 aliphatic heterocycles. The molecule has 1 aromatic heterocycles. The van der Waals surface area contributed by atoms with E-state index in [0.717, 1.165) is 22.3 Å². The minimum atomic E-state index is 0.650. The molecule has 1 heterocycles. The highest BCUT2D eigenvalue weighted by Crippen LogP contribution is 2.13. The maximum atomic E-state index is 4.40. The molecule has 0 spiro atoms. The lowest BCUT2D eigenvalue weighted by atomic mass is 10.1. The van der Waals surface area contributed by atoms with E-state index in [9.17, 15) is 0 Å². The predicted molar refractivity (Wildman–Crippen MR) is 78.4 cm³/mol. The number of aromatic nitrogens is 2. The van der Waals surface area contributed by atoms with Gasteiger partial charge in [-0.3, -0.25) is 0 Å². The molecule has 0 radical (unpaired) electrons. The van der Waals surface area contributed by atoms with Gasteiger partial charge in [0.25, 0.3) is 0 Å². The van der Waals surface area contributed by atoms with Gasteiger partial charge in [0.15, 0.2) is 0 Å². The second kappa shape index (κ2) is 4.94. The molecule has 94 valence electrons. The van der Waals surface area contributed by atoms with Crippen molar-refractivity contribution in [1.29, 1.82) is 0 Å². The number of hydrogen-bond acceptors (Lipinski definition) is 3. The molecule has 19 heavy (non-hydrogen) atoms. The van der Waals surface area contributed by atoms with Gasteiger partial charge in [0.05, 0.1) is 16.7 Å². The maximum Gasteiger partial charge on any atom is 0.222 e. The average Bonchev–Trinajstić information content (AvgIpc) is 2.88. The number of aromatic amines is 1. The van der Waals surface area contributed by atoms with Crippen molar-refractivity contribution >= 4 is 22.7 Å². The van der Waals surface area contributed by atoms with E-state index in [1.54, 1.807) is 0 Å². The molecule has 0 fully saturated rings. The van der Waals surface area contributed by atoms with Crippen LogP contribution >= 0.6 is 0 Å². The maximum absolute atomic E-state index is 4.40. The van der Waals surface area contributed by atoms with Crippen LogP contribution in [-0.4, -0.2) is 15.7 Å². The molecule has 3 aromatic rings. The van der Waals surface area contributed by atoms with Crippen LogP contribution in [0, 0.1) is 0 Å². The zero-order valence-electron chi connectivity index (χ0n) is 10.6. The number of nitrogens with zero attached hydrogens (tertiary/aromatic N) is 2. The number of hydrogen-bond donors (Lipinski definition) is 2. The van der Waals surface area contributed by atoms with Crippen LogP contribution in [0.15, 0.2) is 59.7 Å². The fourth-order valence-corrected chi connectivity index (χ4v) is 1.89. The Labute approximate surface area is 111 Å². The summed E-state index contributed by atoms with van der Waals surface area (Å²) in [6.45, 7) is 1.96. The van der Waals surface area contributed by atoms with Crippen LogP contribution in [0.3, 0.4) is 0 Å². The van der Waals surface area contributed by atoms with Crippen molar-refractivity contribution in [2.24, 2.45) is 5.10 Å². The van der Waals surface area contributed by atoms with Gasteiger partial charge < -0.3 is 4.98 Å². The van der Waals surface area contributed by atoms with Gasteiger partial charge in [-0.25, -0.2) is 10.4 Å². The monoisotopic (exact) mass is 250 g/mol. The van der Waals surface area contributed by atoms with Crippen LogP contribution in [0.2, 0.25) is 0 Å². The standard InChI is InChI=1S/C15H14N4/c1-11(12-7-3-2-4-8-12)18-19-15-16-13-9-5-6-10-14(13)17-15/h2-10H,1H3,(H2,16,17,19). The van der Waals surface area contributed by atoms with Crippen LogP contribution in [0.25, 0.3) is 11.0 Å². The number of nitrogens with one attached hydrogen (secondary N) is 2. The van der Waals surface area contributed by atoms with Crippen LogP contribution in [-0.2, 0) is 0 Å². The summed E-state index contributed by atoms with van der Waals surface area (Å²) in [5.41, 5.74) is 6.89. The number of benzene rings is 2. The summed E-state index contributed by atoms with van der Waals surface area (Å²) >= 11 is 0. The van der Waals surface area contributed by atoms with E-state index in [1.165, 1.54) is 0 Å². The fourth-order valence-electron chi connectivity index (χ4n) is 1.89. The number of anilines is 1. The predicted octanol–water partition coefficient (Wildman–Crippen LogP) is 3.40. The fraction of sp³-hybridized carbons (Fsp3) is 0.0667. The molecule has 0 atom stereocenters. The van der Waals surface area contributed by atoms with E-state index in [0.29, 0.717) is 5.95 Å². The second-order valence-corrected chi connectivity index (χ2v) is 4.28. The molecule has 0 unspecified atom stereocenters. The van der Waals surface area contributed by atoms with Crippen molar-refractivity contribution in [1.82, 2.24) is 9.97 Å². The summed E-state index contributed by atoms with van der Waals surface area (Å²) in [4.78, 5) is 7.58. The number of rotatable bonds is 3. The summed E-state index contributed by atoms with van der Waals surface area (Å²) in [5, 5.41) is 4.33. The smallest absolute Gasteiger partial charge is 0.222 e. The molecule has 0 aliphatic rings. The SMILES string of the molecule is CC(=NNc1nc2ccccc2[nH]1)c1ccccc1. The largest absolute Gasteiger partial charge is 0.323 e. The molecule has 4 heteroatoms. The molecule has 4 nitrogen and oxygen atoms in total. The molecule has 0 saturated carbocycles. The van der Waals surface area contributed by atoms with Gasteiger partial charge in [0.2, 0.25) is 5.95 Å². The molecular formula is C15H14N4. The van der Waals surface area contributed by atoms with E-state index in [-0.39, 0.29) is 0 Å². The van der Waals surface area contributed by atoms with E-state index < -0.39 is 0 Å². The Bertz CT molecular complexity index is 680. The van der Waals surface area contributed by atoms with E-state index in [4.69, 9.17) is 0 Å². The Morgan fingerprint density at radius 1 is 1.05 bits per heavy atom. The molecular weight excluding hydrogens is 236 g/mol. The van der Waals surface area contributed by atoms with Crippen LogP contribution in [0.4, 0.5) is 5.95 Å². The van der Waals surface area contributed by atoms with Crippen LogP contribution in [0.5, 0.6) is 0 Å². The number of fused-ring (bicyclic) bond motifs is 1. The molecule has 3 rings (SSSR count). The van der Waals surface area contributed by atoms with Crippen molar-refractivity contribution < 1.29 is 0 Å². The lowest BCUT2D eigenvalue weighted by Gasteiger charge is -2.00. The van der Waals surface area contributed by atoms with Gasteiger partial charge in [0.1, 0.15) is 0 Å². The lowest BCUT2D eigenvalue weighted by Crippen LogP contribution is -2.00. The molecule has 0 bridgehead atoms. The van der Waals surface area contributed by atoms with Gasteiger partial charge >= 0.3 is 0 Å². The number of H-pyrrole nitrogens is 1. The first-order chi connectivity index (χ1) is 9.33. The highest BCUT2D eigenvalue weighted by molar-refractivity contribution is 5.99. The molecule has 0 aliphatic carbocycles. The highest BCUT2D eigenvalue weighted by Gasteiger charge is 2.00. The van der Waals surface area contributed by atoms with Gasteiger partial charge in [-0.05, 0) is 24.6 Å². The average molecular weight is 250 g/mol. The topological polar surface area (TPSA) is 53.1 Å². The Morgan fingerprint density at radius 3 is 2.58 bits per heavy atom. The van der Waals surface area contributed by atoms with E-state index in [2.05, 4.69) is 20.5 Å². The molecule has 2 aromatic carbocycles. The first-order valence-electron chi connectivity index (χ1n) is 6.13. The Balaban J connectivity index is 1.82. The van der Waals surface area contributed by atoms with Crippen molar-refractivity contribution in [2.75, 3.05) is 5.43 Å². The Hall–Kier alpha value is -2.62.